The summed E-state index contributed by atoms with van der Waals surface area (Å²) >= 11 is 0. The van der Waals surface area contributed by atoms with Crippen LogP contribution in [0.2, 0.25) is 0 Å². The van der Waals surface area contributed by atoms with Gasteiger partial charge in [-0.25, -0.2) is 0 Å². The lowest BCUT2D eigenvalue weighted by Gasteiger charge is -2.30. The van der Waals surface area contributed by atoms with E-state index in [0.717, 1.165) is 6.42 Å². The largest absolute Gasteiger partial charge is 0.391 e. The zero-order chi connectivity index (χ0) is 8.01. The first kappa shape index (κ1) is 7.25. The Bertz CT molecular complexity index is 193. The number of aliphatic hydroxyl groups excluding tert-OH is 1. The SMILES string of the molecule is CN1C2CC(=O)CC1[C@@H](O)C2. The molecule has 62 valence electrons. The van der Waals surface area contributed by atoms with Crippen molar-refractivity contribution >= 4 is 5.78 Å². The maximum atomic E-state index is 11.1. The minimum Gasteiger partial charge on any atom is -0.391 e. The lowest BCUT2D eigenvalue weighted by molar-refractivity contribution is -0.123. The Hall–Kier alpha value is -0.410. The van der Waals surface area contributed by atoms with Gasteiger partial charge in [0.15, 0.2) is 0 Å². The fourth-order valence-electron chi connectivity index (χ4n) is 2.23. The van der Waals surface area contributed by atoms with Gasteiger partial charge in [-0.2, -0.15) is 0 Å². The number of hydrogen-bond donors (Lipinski definition) is 1. The molecule has 2 aliphatic heterocycles. The third kappa shape index (κ3) is 0.993. The van der Waals surface area contributed by atoms with Crippen molar-refractivity contribution < 1.29 is 9.90 Å². The first-order chi connectivity index (χ1) is 5.18. The number of hydrogen-bond acceptors (Lipinski definition) is 3. The van der Waals surface area contributed by atoms with Crippen molar-refractivity contribution in [3.8, 4) is 0 Å². The highest BCUT2D eigenvalue weighted by atomic mass is 16.3. The minimum absolute atomic E-state index is 0.112. The fraction of sp³-hybridized carbons (Fsp3) is 0.875. The third-order valence-corrected chi connectivity index (χ3v) is 2.96. The first-order valence-corrected chi connectivity index (χ1v) is 4.10. The third-order valence-electron chi connectivity index (χ3n) is 2.96. The number of likely N-dealkylation sites (N-methyl/N-ethyl adjacent to an activating group) is 1. The highest BCUT2D eigenvalue weighted by Gasteiger charge is 2.43. The van der Waals surface area contributed by atoms with Crippen LogP contribution in [0.5, 0.6) is 0 Å². The number of carbonyl (C=O) groups excluding carboxylic acids is 1. The van der Waals surface area contributed by atoms with Crippen LogP contribution in [0, 0.1) is 0 Å². The number of carbonyl (C=O) groups is 1. The van der Waals surface area contributed by atoms with Gasteiger partial charge in [0.2, 0.25) is 0 Å². The van der Waals surface area contributed by atoms with Crippen LogP contribution < -0.4 is 0 Å². The van der Waals surface area contributed by atoms with E-state index in [1.54, 1.807) is 0 Å². The van der Waals surface area contributed by atoms with Gasteiger partial charge in [0.05, 0.1) is 6.10 Å². The average molecular weight is 155 g/mol. The summed E-state index contributed by atoms with van der Waals surface area (Å²) in [7, 11) is 2.00. The van der Waals surface area contributed by atoms with Gasteiger partial charge in [-0.15, -0.1) is 0 Å². The summed E-state index contributed by atoms with van der Waals surface area (Å²) in [5.41, 5.74) is 0. The number of rotatable bonds is 0. The van der Waals surface area contributed by atoms with Gasteiger partial charge in [0.25, 0.3) is 0 Å². The van der Waals surface area contributed by atoms with Crippen molar-refractivity contribution in [2.24, 2.45) is 0 Å². The molecule has 2 unspecified atom stereocenters. The Morgan fingerprint density at radius 1 is 1.55 bits per heavy atom. The molecule has 3 heteroatoms. The van der Waals surface area contributed by atoms with E-state index in [0.29, 0.717) is 24.7 Å². The minimum atomic E-state index is -0.267. The van der Waals surface area contributed by atoms with E-state index < -0.39 is 0 Å². The lowest BCUT2D eigenvalue weighted by Crippen LogP contribution is -2.42. The summed E-state index contributed by atoms with van der Waals surface area (Å²) in [5, 5.41) is 9.49. The molecule has 0 aromatic carbocycles. The zero-order valence-corrected chi connectivity index (χ0v) is 6.66. The highest BCUT2D eigenvalue weighted by molar-refractivity contribution is 5.81. The Morgan fingerprint density at radius 2 is 2.27 bits per heavy atom. The number of piperidine rings is 1. The Labute approximate surface area is 66.0 Å². The molecule has 11 heavy (non-hydrogen) atoms. The summed E-state index contributed by atoms with van der Waals surface area (Å²) < 4.78 is 0. The van der Waals surface area contributed by atoms with Crippen molar-refractivity contribution in [2.45, 2.75) is 37.5 Å². The summed E-state index contributed by atoms with van der Waals surface area (Å²) in [6, 6.07) is 0.428. The van der Waals surface area contributed by atoms with Crippen LogP contribution in [0.4, 0.5) is 0 Å². The van der Waals surface area contributed by atoms with Crippen LogP contribution >= 0.6 is 0 Å². The molecule has 2 saturated heterocycles. The van der Waals surface area contributed by atoms with Crippen molar-refractivity contribution in [3.63, 3.8) is 0 Å². The van der Waals surface area contributed by atoms with Crippen LogP contribution in [0.25, 0.3) is 0 Å². The first-order valence-electron chi connectivity index (χ1n) is 4.10. The smallest absolute Gasteiger partial charge is 0.136 e. The number of ketones is 1. The molecule has 2 aliphatic rings. The molecule has 0 amide bonds. The quantitative estimate of drug-likeness (QED) is 0.526. The van der Waals surface area contributed by atoms with E-state index in [-0.39, 0.29) is 12.1 Å². The number of aliphatic hydroxyl groups is 1. The second kappa shape index (κ2) is 2.29. The summed E-state index contributed by atoms with van der Waals surface area (Å²) in [4.78, 5) is 13.2. The van der Waals surface area contributed by atoms with Gasteiger partial charge >= 0.3 is 0 Å². The zero-order valence-electron chi connectivity index (χ0n) is 6.66. The summed E-state index contributed by atoms with van der Waals surface area (Å²) in [5.74, 6) is 0.314. The maximum Gasteiger partial charge on any atom is 0.136 e. The van der Waals surface area contributed by atoms with Crippen molar-refractivity contribution in [1.29, 1.82) is 0 Å². The molecule has 2 heterocycles. The number of fused-ring (bicyclic) bond motifs is 2. The molecule has 0 aromatic heterocycles. The van der Waals surface area contributed by atoms with E-state index in [1.807, 2.05) is 7.05 Å². The van der Waals surface area contributed by atoms with Gasteiger partial charge in [-0.3, -0.25) is 9.69 Å². The standard InChI is InChI=1S/C8H13NO2/c1-9-5-2-6(10)4-7(9)8(11)3-5/h5,7-8,11H,2-4H2,1H3/t5?,7?,8-/m0/s1. The number of nitrogens with zero attached hydrogens (tertiary/aromatic N) is 1. The molecular formula is C8H13NO2. The molecule has 0 aromatic rings. The number of Topliss-reactive ketones (excluding diaryl/α,β-unsaturated/α-hetero) is 1. The monoisotopic (exact) mass is 155 g/mol. The van der Waals surface area contributed by atoms with Crippen LogP contribution in [0.3, 0.4) is 0 Å². The molecule has 0 saturated carbocycles. The molecule has 2 fully saturated rings. The second-order valence-corrected chi connectivity index (χ2v) is 3.64. The van der Waals surface area contributed by atoms with Crippen molar-refractivity contribution in [3.05, 3.63) is 0 Å². The Balaban J connectivity index is 2.20. The van der Waals surface area contributed by atoms with Crippen molar-refractivity contribution in [1.82, 2.24) is 4.90 Å². The van der Waals surface area contributed by atoms with E-state index in [9.17, 15) is 9.90 Å². The van der Waals surface area contributed by atoms with E-state index in [4.69, 9.17) is 0 Å². The molecular weight excluding hydrogens is 142 g/mol. The van der Waals surface area contributed by atoms with E-state index in [2.05, 4.69) is 4.90 Å². The van der Waals surface area contributed by atoms with Crippen LogP contribution in [0.15, 0.2) is 0 Å². The summed E-state index contributed by atoms with van der Waals surface area (Å²) in [6.45, 7) is 0. The normalized spacial score (nSPS) is 44.9. The molecule has 3 nitrogen and oxygen atoms in total. The van der Waals surface area contributed by atoms with E-state index in [1.165, 1.54) is 0 Å². The fourth-order valence-corrected chi connectivity index (χ4v) is 2.23. The second-order valence-electron chi connectivity index (χ2n) is 3.64. The Kier molecular flexibility index (Phi) is 1.51. The predicted molar refractivity (Wildman–Crippen MR) is 40.2 cm³/mol. The van der Waals surface area contributed by atoms with Crippen LogP contribution in [0.1, 0.15) is 19.3 Å². The summed E-state index contributed by atoms with van der Waals surface area (Å²) in [6.07, 6.45) is 1.71. The molecule has 1 N–H and O–H groups in total. The average Bonchev–Trinajstić information content (AvgIpc) is 2.17. The molecule has 0 aliphatic carbocycles. The van der Waals surface area contributed by atoms with Crippen LogP contribution in [-0.2, 0) is 4.79 Å². The predicted octanol–water partition coefficient (Wildman–Crippen LogP) is -0.217. The molecule has 0 spiro atoms. The van der Waals surface area contributed by atoms with Crippen molar-refractivity contribution in [2.75, 3.05) is 7.05 Å². The van der Waals surface area contributed by atoms with Gasteiger partial charge in [0.1, 0.15) is 5.78 Å². The Morgan fingerprint density at radius 3 is 2.91 bits per heavy atom. The molecule has 2 rings (SSSR count). The van der Waals surface area contributed by atoms with Crippen LogP contribution in [-0.4, -0.2) is 41.0 Å². The molecule has 0 radical (unpaired) electrons. The lowest BCUT2D eigenvalue weighted by atomic mass is 10.0. The van der Waals surface area contributed by atoms with Gasteiger partial charge in [-0.05, 0) is 13.5 Å². The van der Waals surface area contributed by atoms with Gasteiger partial charge < -0.3 is 5.11 Å². The topological polar surface area (TPSA) is 40.5 Å². The maximum absolute atomic E-state index is 11.1. The van der Waals surface area contributed by atoms with Gasteiger partial charge in [0, 0.05) is 24.9 Å². The van der Waals surface area contributed by atoms with E-state index >= 15 is 0 Å². The van der Waals surface area contributed by atoms with Gasteiger partial charge in [-0.1, -0.05) is 0 Å². The highest BCUT2D eigenvalue weighted by Crippen LogP contribution is 2.32. The molecule has 3 atom stereocenters. The molecule has 2 bridgehead atoms.